The Balaban J connectivity index is 2.11. The molecule has 102 valence electrons. The second-order valence-electron chi connectivity index (χ2n) is 6.17. The van der Waals surface area contributed by atoms with Crippen molar-refractivity contribution in [3.63, 3.8) is 0 Å². The fraction of sp³-hybridized carbons (Fsp3) is 0.500. The Morgan fingerprint density at radius 1 is 1.32 bits per heavy atom. The van der Waals surface area contributed by atoms with Crippen LogP contribution in [0.25, 0.3) is 0 Å². The number of hydrogen-bond donors (Lipinski definition) is 0. The molecule has 2 aliphatic rings. The van der Waals surface area contributed by atoms with Crippen LogP contribution >= 0.6 is 31.9 Å². The maximum absolute atomic E-state index is 6.47. The molecule has 0 unspecified atom stereocenters. The monoisotopic (exact) mass is 384 g/mol. The van der Waals surface area contributed by atoms with Gasteiger partial charge in [-0.3, -0.25) is 0 Å². The first-order chi connectivity index (χ1) is 8.87. The van der Waals surface area contributed by atoms with Gasteiger partial charge >= 0.3 is 0 Å². The van der Waals surface area contributed by atoms with E-state index < -0.39 is 0 Å². The molecule has 0 N–H and O–H groups in total. The van der Waals surface area contributed by atoms with Gasteiger partial charge in [-0.25, -0.2) is 0 Å². The average Bonchev–Trinajstić information content (AvgIpc) is 2.73. The molecule has 1 spiro atoms. The van der Waals surface area contributed by atoms with Gasteiger partial charge in [0.1, 0.15) is 11.4 Å². The summed E-state index contributed by atoms with van der Waals surface area (Å²) in [6.45, 7) is 6.83. The number of hydrogen-bond acceptors (Lipinski definition) is 1. The van der Waals surface area contributed by atoms with Crippen molar-refractivity contribution in [1.29, 1.82) is 0 Å². The maximum Gasteiger partial charge on any atom is 0.140 e. The standard InChI is InChI=1S/C16H18Br2O/c1-10-4-7-14(18)15(2,3)16(10)9-11-8-12(17)5-6-13(11)19-16/h4-6,8,14H,7,9H2,1-3H3/t14-,16-/m0/s1. The summed E-state index contributed by atoms with van der Waals surface area (Å²) in [5, 5.41) is 0. The molecule has 0 amide bonds. The lowest BCUT2D eigenvalue weighted by molar-refractivity contribution is 0.00163. The van der Waals surface area contributed by atoms with Crippen molar-refractivity contribution in [2.75, 3.05) is 0 Å². The first kappa shape index (κ1) is 13.7. The lowest BCUT2D eigenvalue weighted by Gasteiger charge is -2.49. The molecule has 1 heterocycles. The normalized spacial score (nSPS) is 31.8. The fourth-order valence-electron chi connectivity index (χ4n) is 3.36. The van der Waals surface area contributed by atoms with Crippen LogP contribution in [0.4, 0.5) is 0 Å². The summed E-state index contributed by atoms with van der Waals surface area (Å²) in [5.41, 5.74) is 2.53. The van der Waals surface area contributed by atoms with Gasteiger partial charge in [-0.15, -0.1) is 0 Å². The van der Waals surface area contributed by atoms with Crippen LogP contribution in [0.5, 0.6) is 5.75 Å². The highest BCUT2D eigenvalue weighted by Crippen LogP contribution is 2.55. The van der Waals surface area contributed by atoms with Crippen molar-refractivity contribution < 1.29 is 4.74 Å². The molecule has 1 aromatic carbocycles. The van der Waals surface area contributed by atoms with Crippen LogP contribution in [-0.2, 0) is 6.42 Å². The predicted molar refractivity (Wildman–Crippen MR) is 86.1 cm³/mol. The number of allylic oxidation sites excluding steroid dienone is 1. The molecule has 1 nitrogen and oxygen atoms in total. The van der Waals surface area contributed by atoms with E-state index in [0.717, 1.165) is 23.1 Å². The lowest BCUT2D eigenvalue weighted by atomic mass is 9.63. The molecule has 0 aromatic heterocycles. The van der Waals surface area contributed by atoms with Crippen molar-refractivity contribution in [3.8, 4) is 5.75 Å². The Labute approximate surface area is 131 Å². The van der Waals surface area contributed by atoms with Crippen LogP contribution in [0.15, 0.2) is 34.3 Å². The van der Waals surface area contributed by atoms with Gasteiger partial charge in [0.25, 0.3) is 0 Å². The quantitative estimate of drug-likeness (QED) is 0.437. The van der Waals surface area contributed by atoms with Gasteiger partial charge in [0, 0.05) is 21.1 Å². The first-order valence-electron chi connectivity index (χ1n) is 6.65. The van der Waals surface area contributed by atoms with Gasteiger partial charge in [-0.1, -0.05) is 51.8 Å². The van der Waals surface area contributed by atoms with Gasteiger partial charge in [-0.05, 0) is 42.7 Å². The summed E-state index contributed by atoms with van der Waals surface area (Å²) in [6, 6.07) is 6.32. The van der Waals surface area contributed by atoms with E-state index in [1.165, 1.54) is 11.1 Å². The molecule has 19 heavy (non-hydrogen) atoms. The third-order valence-electron chi connectivity index (χ3n) is 4.84. The molecular weight excluding hydrogens is 368 g/mol. The highest BCUT2D eigenvalue weighted by Gasteiger charge is 2.56. The Morgan fingerprint density at radius 2 is 2.05 bits per heavy atom. The van der Waals surface area contributed by atoms with Gasteiger partial charge < -0.3 is 4.74 Å². The maximum atomic E-state index is 6.47. The molecule has 1 aliphatic heterocycles. The molecule has 1 aromatic rings. The highest BCUT2D eigenvalue weighted by molar-refractivity contribution is 9.10. The Morgan fingerprint density at radius 3 is 2.79 bits per heavy atom. The molecule has 0 saturated carbocycles. The van der Waals surface area contributed by atoms with E-state index in [9.17, 15) is 0 Å². The van der Waals surface area contributed by atoms with Crippen molar-refractivity contribution in [3.05, 3.63) is 39.9 Å². The Kier molecular flexibility index (Phi) is 3.14. The smallest absolute Gasteiger partial charge is 0.140 e. The van der Waals surface area contributed by atoms with Crippen LogP contribution in [0.2, 0.25) is 0 Å². The number of benzene rings is 1. The second kappa shape index (κ2) is 4.36. The van der Waals surface area contributed by atoms with E-state index in [1.807, 2.05) is 0 Å². The zero-order valence-corrected chi connectivity index (χ0v) is 14.6. The van der Waals surface area contributed by atoms with Crippen LogP contribution in [0.1, 0.15) is 32.8 Å². The SMILES string of the molecule is CC1=CC[C@H](Br)C(C)(C)[C@]12Cc1cc(Br)ccc1O2. The molecule has 0 radical (unpaired) electrons. The summed E-state index contributed by atoms with van der Waals surface area (Å²) in [7, 11) is 0. The van der Waals surface area contributed by atoms with Gasteiger partial charge in [0.05, 0.1) is 0 Å². The van der Waals surface area contributed by atoms with Gasteiger partial charge in [0.15, 0.2) is 0 Å². The third-order valence-corrected chi connectivity index (χ3v) is 6.85. The van der Waals surface area contributed by atoms with Crippen LogP contribution in [0, 0.1) is 5.41 Å². The van der Waals surface area contributed by atoms with Crippen LogP contribution in [0.3, 0.4) is 0 Å². The molecule has 2 atom stereocenters. The van der Waals surface area contributed by atoms with Crippen molar-refractivity contribution in [2.45, 2.75) is 44.0 Å². The summed E-state index contributed by atoms with van der Waals surface area (Å²) in [5.74, 6) is 1.03. The molecule has 0 saturated heterocycles. The number of halogens is 2. The minimum absolute atomic E-state index is 0.0668. The van der Waals surface area contributed by atoms with Crippen molar-refractivity contribution in [1.82, 2.24) is 0 Å². The highest BCUT2D eigenvalue weighted by atomic mass is 79.9. The van der Waals surface area contributed by atoms with Crippen molar-refractivity contribution in [2.24, 2.45) is 5.41 Å². The topological polar surface area (TPSA) is 9.23 Å². The van der Waals surface area contributed by atoms with Crippen molar-refractivity contribution >= 4 is 31.9 Å². The molecule has 1 aliphatic carbocycles. The number of fused-ring (bicyclic) bond motifs is 1. The second-order valence-corrected chi connectivity index (χ2v) is 8.19. The summed E-state index contributed by atoms with van der Waals surface area (Å²) < 4.78 is 7.59. The van der Waals surface area contributed by atoms with Gasteiger partial charge in [-0.2, -0.15) is 0 Å². The Hall–Kier alpha value is -0.280. The first-order valence-corrected chi connectivity index (χ1v) is 8.36. The molecule has 0 fully saturated rings. The van der Waals surface area contributed by atoms with E-state index in [0.29, 0.717) is 4.83 Å². The number of alkyl halides is 1. The molecule has 3 heteroatoms. The Bertz CT molecular complexity index is 562. The van der Waals surface area contributed by atoms with E-state index in [4.69, 9.17) is 4.74 Å². The minimum atomic E-state index is -0.206. The fourth-order valence-corrected chi connectivity index (χ4v) is 4.32. The third kappa shape index (κ3) is 1.84. The number of rotatable bonds is 0. The van der Waals surface area contributed by atoms with Crippen LogP contribution in [-0.4, -0.2) is 10.4 Å². The van der Waals surface area contributed by atoms with E-state index in [-0.39, 0.29) is 11.0 Å². The number of ether oxygens (including phenoxy) is 1. The van der Waals surface area contributed by atoms with Crippen LogP contribution < -0.4 is 4.74 Å². The average molecular weight is 386 g/mol. The van der Waals surface area contributed by atoms with E-state index in [1.54, 1.807) is 0 Å². The minimum Gasteiger partial charge on any atom is -0.482 e. The lowest BCUT2D eigenvalue weighted by Crippen LogP contribution is -2.56. The largest absolute Gasteiger partial charge is 0.482 e. The molecule has 3 rings (SSSR count). The molecule has 0 bridgehead atoms. The molecular formula is C16H18Br2O. The summed E-state index contributed by atoms with van der Waals surface area (Å²) in [6.07, 6.45) is 4.36. The zero-order valence-electron chi connectivity index (χ0n) is 11.5. The van der Waals surface area contributed by atoms with E-state index in [2.05, 4.69) is 76.9 Å². The predicted octanol–water partition coefficient (Wildman–Crippen LogP) is 5.26. The van der Waals surface area contributed by atoms with Gasteiger partial charge in [0.2, 0.25) is 0 Å². The van der Waals surface area contributed by atoms with E-state index >= 15 is 0 Å². The summed E-state index contributed by atoms with van der Waals surface area (Å²) in [4.78, 5) is 0.446. The zero-order chi connectivity index (χ0) is 13.8. The summed E-state index contributed by atoms with van der Waals surface area (Å²) >= 11 is 7.40.